The highest BCUT2D eigenvalue weighted by Crippen LogP contribution is 2.22. The summed E-state index contributed by atoms with van der Waals surface area (Å²) in [6.45, 7) is 3.46. The van der Waals surface area contributed by atoms with E-state index in [-0.39, 0.29) is 0 Å². The van der Waals surface area contributed by atoms with Crippen LogP contribution in [0.15, 0.2) is 66.1 Å². The summed E-state index contributed by atoms with van der Waals surface area (Å²) in [5, 5.41) is 61.0. The van der Waals surface area contributed by atoms with Crippen molar-refractivity contribution in [3.05, 3.63) is 82.8 Å². The Morgan fingerprint density at radius 1 is 0.786 bits per heavy atom. The molecule has 0 spiro atoms. The van der Waals surface area contributed by atoms with Crippen LogP contribution in [0.25, 0.3) is 11.6 Å². The summed E-state index contributed by atoms with van der Waals surface area (Å²) in [5.74, 6) is -1.11. The maximum absolute atomic E-state index is 10.2. The zero-order valence-electron chi connectivity index (χ0n) is 15.8. The van der Waals surface area contributed by atoms with Gasteiger partial charge in [-0.1, -0.05) is 60.2 Å². The molecule has 4 atom stereocenters. The number of rotatable bonds is 7. The van der Waals surface area contributed by atoms with Crippen LogP contribution in [0.5, 0.6) is 0 Å². The van der Waals surface area contributed by atoms with E-state index in [2.05, 4.69) is 0 Å². The molecular weight excluding hydrogens is 360 g/mol. The second-order valence-electron chi connectivity index (χ2n) is 6.73. The van der Waals surface area contributed by atoms with Crippen LogP contribution in [0.3, 0.4) is 0 Å². The first-order valence-corrected chi connectivity index (χ1v) is 8.87. The van der Waals surface area contributed by atoms with Crippen LogP contribution in [-0.2, 0) is 0 Å². The quantitative estimate of drug-likeness (QED) is 0.406. The van der Waals surface area contributed by atoms with E-state index in [4.69, 9.17) is 0 Å². The molecule has 6 heteroatoms. The fourth-order valence-electron chi connectivity index (χ4n) is 2.69. The van der Waals surface area contributed by atoms with Gasteiger partial charge in [0.2, 0.25) is 0 Å². The highest BCUT2D eigenvalue weighted by Gasteiger charge is 2.35. The molecule has 0 fully saturated rings. The van der Waals surface area contributed by atoms with E-state index in [0.717, 1.165) is 5.56 Å². The fraction of sp³-hybridized carbons (Fsp3) is 0.273. The lowest BCUT2D eigenvalue weighted by atomic mass is 9.96. The maximum atomic E-state index is 10.2. The molecule has 2 rings (SSSR count). The van der Waals surface area contributed by atoms with Gasteiger partial charge in [-0.25, -0.2) is 0 Å². The van der Waals surface area contributed by atoms with Gasteiger partial charge < -0.3 is 30.6 Å². The molecular formula is C22H26O6. The molecule has 0 saturated heterocycles. The van der Waals surface area contributed by atoms with E-state index >= 15 is 0 Å². The minimum atomic E-state index is -1.93. The van der Waals surface area contributed by atoms with Gasteiger partial charge in [0.1, 0.15) is 35.9 Å². The maximum Gasteiger partial charge on any atom is 0.139 e. The van der Waals surface area contributed by atoms with Crippen molar-refractivity contribution in [3.8, 4) is 0 Å². The molecule has 28 heavy (non-hydrogen) atoms. The first-order chi connectivity index (χ1) is 13.2. The van der Waals surface area contributed by atoms with Gasteiger partial charge in [0.25, 0.3) is 0 Å². The van der Waals surface area contributed by atoms with Gasteiger partial charge in [0, 0.05) is 0 Å². The van der Waals surface area contributed by atoms with Crippen molar-refractivity contribution < 1.29 is 30.6 Å². The highest BCUT2D eigenvalue weighted by molar-refractivity contribution is 5.66. The van der Waals surface area contributed by atoms with E-state index in [1.807, 2.05) is 19.1 Å². The van der Waals surface area contributed by atoms with Crippen molar-refractivity contribution >= 4 is 11.6 Å². The third-order valence-electron chi connectivity index (χ3n) is 4.56. The molecule has 0 radical (unpaired) electrons. The second kappa shape index (κ2) is 9.52. The van der Waals surface area contributed by atoms with Crippen molar-refractivity contribution in [2.75, 3.05) is 0 Å². The Labute approximate surface area is 164 Å². The van der Waals surface area contributed by atoms with Gasteiger partial charge in [-0.2, -0.15) is 0 Å². The lowest BCUT2D eigenvalue weighted by Crippen LogP contribution is -2.46. The van der Waals surface area contributed by atoms with Crippen molar-refractivity contribution in [2.45, 2.75) is 38.3 Å². The molecule has 2 aromatic carbocycles. The first kappa shape index (κ1) is 21.7. The summed E-state index contributed by atoms with van der Waals surface area (Å²) < 4.78 is 0. The molecule has 2 aromatic rings. The Kier molecular flexibility index (Phi) is 7.37. The molecule has 0 heterocycles. The van der Waals surface area contributed by atoms with Crippen molar-refractivity contribution in [1.82, 2.24) is 0 Å². The SMILES string of the molecule is CC(=C(O)[C@@H](O)[C@@H](O)[C@H](O)[C@@H](O)C(O)=Cc1ccc(C)cc1)c1ccccc1. The molecule has 150 valence electrons. The number of aliphatic hydroxyl groups is 6. The van der Waals surface area contributed by atoms with Crippen LogP contribution in [-0.4, -0.2) is 55.1 Å². The molecule has 0 unspecified atom stereocenters. The van der Waals surface area contributed by atoms with E-state index in [9.17, 15) is 30.6 Å². The largest absolute Gasteiger partial charge is 0.509 e. The minimum absolute atomic E-state index is 0.313. The highest BCUT2D eigenvalue weighted by atomic mass is 16.4. The molecule has 0 aromatic heterocycles. The minimum Gasteiger partial charge on any atom is -0.509 e. The number of benzene rings is 2. The lowest BCUT2D eigenvalue weighted by Gasteiger charge is -2.26. The Balaban J connectivity index is 2.15. The average molecular weight is 386 g/mol. The summed E-state index contributed by atoms with van der Waals surface area (Å²) in [6.07, 6.45) is -6.31. The molecule has 6 N–H and O–H groups in total. The summed E-state index contributed by atoms with van der Waals surface area (Å²) in [4.78, 5) is 0. The number of hydrogen-bond donors (Lipinski definition) is 6. The zero-order valence-corrected chi connectivity index (χ0v) is 15.8. The monoisotopic (exact) mass is 386 g/mol. The van der Waals surface area contributed by atoms with Crippen LogP contribution in [0.4, 0.5) is 0 Å². The molecule has 0 amide bonds. The summed E-state index contributed by atoms with van der Waals surface area (Å²) in [7, 11) is 0. The Bertz CT molecular complexity index is 826. The van der Waals surface area contributed by atoms with Crippen molar-refractivity contribution in [1.29, 1.82) is 0 Å². The summed E-state index contributed by atoms with van der Waals surface area (Å²) in [5.41, 5.74) is 2.55. The van der Waals surface area contributed by atoms with Crippen LogP contribution in [0, 0.1) is 6.92 Å². The standard InChI is InChI=1S/C22H26O6/c1-13-8-10-15(11-9-13)12-17(23)19(25)21(27)22(28)20(26)18(24)14(2)16-6-4-3-5-7-16/h3-12,19-28H,1-2H3/t19-,20+,21+,22+/m0/s1. The van der Waals surface area contributed by atoms with E-state index in [1.165, 1.54) is 6.08 Å². The van der Waals surface area contributed by atoms with Crippen molar-refractivity contribution in [3.63, 3.8) is 0 Å². The van der Waals surface area contributed by atoms with Gasteiger partial charge in [-0.3, -0.25) is 0 Å². The Morgan fingerprint density at radius 2 is 1.32 bits per heavy atom. The van der Waals surface area contributed by atoms with Gasteiger partial charge >= 0.3 is 0 Å². The fourth-order valence-corrected chi connectivity index (χ4v) is 2.69. The van der Waals surface area contributed by atoms with Crippen molar-refractivity contribution in [2.24, 2.45) is 0 Å². The third kappa shape index (κ3) is 5.21. The number of aryl methyl sites for hydroxylation is 1. The smallest absolute Gasteiger partial charge is 0.139 e. The van der Waals surface area contributed by atoms with Gasteiger partial charge in [-0.05, 0) is 36.6 Å². The Morgan fingerprint density at radius 3 is 1.89 bits per heavy atom. The third-order valence-corrected chi connectivity index (χ3v) is 4.56. The molecule has 0 saturated carbocycles. The van der Waals surface area contributed by atoms with E-state index < -0.39 is 35.9 Å². The number of hydrogen-bond acceptors (Lipinski definition) is 6. The van der Waals surface area contributed by atoms with Crippen LogP contribution < -0.4 is 0 Å². The van der Waals surface area contributed by atoms with E-state index in [0.29, 0.717) is 16.7 Å². The molecule has 0 bridgehead atoms. The second-order valence-corrected chi connectivity index (χ2v) is 6.73. The predicted molar refractivity (Wildman–Crippen MR) is 107 cm³/mol. The van der Waals surface area contributed by atoms with Gasteiger partial charge in [0.05, 0.1) is 0 Å². The molecule has 0 aliphatic rings. The molecule has 0 aliphatic carbocycles. The first-order valence-electron chi connectivity index (χ1n) is 8.87. The zero-order chi connectivity index (χ0) is 20.8. The topological polar surface area (TPSA) is 121 Å². The van der Waals surface area contributed by atoms with E-state index in [1.54, 1.807) is 49.4 Å². The summed E-state index contributed by atoms with van der Waals surface area (Å²) >= 11 is 0. The predicted octanol–water partition coefficient (Wildman–Crippen LogP) is 2.33. The lowest BCUT2D eigenvalue weighted by molar-refractivity contribution is -0.0998. The molecule has 0 aliphatic heterocycles. The summed E-state index contributed by atoms with van der Waals surface area (Å²) in [6, 6.07) is 15.8. The van der Waals surface area contributed by atoms with Gasteiger partial charge in [-0.15, -0.1) is 0 Å². The Hall–Kier alpha value is -2.64. The van der Waals surface area contributed by atoms with Crippen LogP contribution in [0.2, 0.25) is 0 Å². The number of aliphatic hydroxyl groups excluding tert-OH is 6. The normalized spacial score (nSPS) is 17.4. The molecule has 6 nitrogen and oxygen atoms in total. The average Bonchev–Trinajstić information content (AvgIpc) is 2.72. The van der Waals surface area contributed by atoms with Crippen LogP contribution in [0.1, 0.15) is 23.6 Å². The van der Waals surface area contributed by atoms with Gasteiger partial charge in [0.15, 0.2) is 0 Å². The number of allylic oxidation sites excluding steroid dienone is 1. The van der Waals surface area contributed by atoms with Crippen LogP contribution >= 0.6 is 0 Å².